The number of rotatable bonds is 7. The number of carbonyl (C=O) groups is 1. The Balaban J connectivity index is 1.51. The van der Waals surface area contributed by atoms with Crippen molar-refractivity contribution in [3.05, 3.63) is 30.1 Å². The highest BCUT2D eigenvalue weighted by Gasteiger charge is 2.44. The van der Waals surface area contributed by atoms with E-state index in [0.717, 1.165) is 39.0 Å². The molecule has 2 heterocycles. The highest BCUT2D eigenvalue weighted by Crippen LogP contribution is 2.31. The number of amides is 1. The normalized spacial score (nSPS) is 21.5. The van der Waals surface area contributed by atoms with Crippen LogP contribution < -0.4 is 5.73 Å². The van der Waals surface area contributed by atoms with E-state index < -0.39 is 21.2 Å². The molecule has 1 aromatic rings. The number of nitrogens with two attached hydrogens (primary N) is 1. The zero-order chi connectivity index (χ0) is 20.2. The Kier molecular flexibility index (Phi) is 6.73. The number of piperidine rings is 2. The fourth-order valence-corrected chi connectivity index (χ4v) is 5.72. The van der Waals surface area contributed by atoms with Gasteiger partial charge in [0.25, 0.3) is 0 Å². The van der Waals surface area contributed by atoms with Crippen molar-refractivity contribution >= 4 is 15.7 Å². The molecule has 0 atom stereocenters. The Hall–Kier alpha value is -1.51. The fourth-order valence-electron chi connectivity index (χ4n) is 4.42. The SMILES string of the molecule is NC(=O)C1(N2CCCCC2)CCN(CCCS(=O)(=O)c2ccc(F)cc2)CC1. The van der Waals surface area contributed by atoms with E-state index in [-0.39, 0.29) is 16.6 Å². The molecule has 2 N–H and O–H groups in total. The number of sulfone groups is 1. The molecule has 8 heteroatoms. The number of hydrogen-bond acceptors (Lipinski definition) is 5. The maximum Gasteiger partial charge on any atom is 0.238 e. The summed E-state index contributed by atoms with van der Waals surface area (Å²) in [7, 11) is -3.41. The molecule has 1 amide bonds. The molecule has 0 saturated carbocycles. The number of primary amides is 1. The molecular formula is C20H30FN3O3S. The lowest BCUT2D eigenvalue weighted by atomic mass is 9.83. The summed E-state index contributed by atoms with van der Waals surface area (Å²) in [4.78, 5) is 16.9. The zero-order valence-electron chi connectivity index (χ0n) is 16.3. The Labute approximate surface area is 166 Å². The molecule has 3 rings (SSSR count). The first-order valence-electron chi connectivity index (χ1n) is 10.1. The van der Waals surface area contributed by atoms with Crippen LogP contribution in [-0.4, -0.2) is 68.1 Å². The van der Waals surface area contributed by atoms with Gasteiger partial charge in [0.2, 0.25) is 5.91 Å². The van der Waals surface area contributed by atoms with Gasteiger partial charge >= 0.3 is 0 Å². The topological polar surface area (TPSA) is 83.7 Å². The Morgan fingerprint density at radius 2 is 1.64 bits per heavy atom. The minimum atomic E-state index is -3.41. The minimum absolute atomic E-state index is 0.0300. The van der Waals surface area contributed by atoms with Crippen LogP contribution in [0.1, 0.15) is 38.5 Å². The molecule has 2 aliphatic rings. The molecule has 6 nitrogen and oxygen atoms in total. The van der Waals surface area contributed by atoms with E-state index in [0.29, 0.717) is 25.8 Å². The number of carbonyl (C=O) groups excluding carboxylic acids is 1. The van der Waals surface area contributed by atoms with Crippen molar-refractivity contribution in [2.45, 2.75) is 49.0 Å². The molecule has 0 spiro atoms. The Bertz CT molecular complexity index is 768. The first-order chi connectivity index (χ1) is 13.3. The average Bonchev–Trinajstić information content (AvgIpc) is 2.69. The van der Waals surface area contributed by atoms with Crippen LogP contribution >= 0.6 is 0 Å². The second-order valence-corrected chi connectivity index (χ2v) is 10.0. The van der Waals surface area contributed by atoms with Crippen molar-refractivity contribution in [3.63, 3.8) is 0 Å². The molecule has 0 bridgehead atoms. The summed E-state index contributed by atoms with van der Waals surface area (Å²) in [5.41, 5.74) is 5.26. The molecule has 28 heavy (non-hydrogen) atoms. The van der Waals surface area contributed by atoms with E-state index in [2.05, 4.69) is 9.80 Å². The summed E-state index contributed by atoms with van der Waals surface area (Å²) in [6, 6.07) is 4.96. The second-order valence-electron chi connectivity index (χ2n) is 7.91. The van der Waals surface area contributed by atoms with Gasteiger partial charge in [0.1, 0.15) is 11.4 Å². The third-order valence-electron chi connectivity index (χ3n) is 6.16. The third-order valence-corrected chi connectivity index (χ3v) is 7.98. The lowest BCUT2D eigenvalue weighted by Crippen LogP contribution is -2.63. The van der Waals surface area contributed by atoms with Crippen molar-refractivity contribution in [2.75, 3.05) is 38.5 Å². The lowest BCUT2D eigenvalue weighted by Gasteiger charge is -2.48. The van der Waals surface area contributed by atoms with Gasteiger partial charge in [-0.3, -0.25) is 9.69 Å². The van der Waals surface area contributed by atoms with Crippen LogP contribution in [0, 0.1) is 5.82 Å². The molecule has 0 unspecified atom stereocenters. The molecule has 156 valence electrons. The molecule has 2 fully saturated rings. The highest BCUT2D eigenvalue weighted by molar-refractivity contribution is 7.91. The Morgan fingerprint density at radius 1 is 1.04 bits per heavy atom. The summed E-state index contributed by atoms with van der Waals surface area (Å²) in [6.07, 6.45) is 5.34. The monoisotopic (exact) mass is 411 g/mol. The van der Waals surface area contributed by atoms with Gasteiger partial charge in [-0.2, -0.15) is 0 Å². The summed E-state index contributed by atoms with van der Waals surface area (Å²) in [5, 5.41) is 0. The van der Waals surface area contributed by atoms with Crippen LogP contribution in [0.25, 0.3) is 0 Å². The molecule has 2 aliphatic heterocycles. The largest absolute Gasteiger partial charge is 0.368 e. The van der Waals surface area contributed by atoms with Crippen LogP contribution in [0.4, 0.5) is 4.39 Å². The standard InChI is InChI=1S/C20H30FN3O3S/c21-17-5-7-18(8-6-17)28(26,27)16-4-11-23-14-9-20(10-15-23,19(22)25)24-12-2-1-3-13-24/h5-8H,1-4,9-16H2,(H2,22,25). The number of likely N-dealkylation sites (tertiary alicyclic amines) is 2. The average molecular weight is 412 g/mol. The molecular weight excluding hydrogens is 381 g/mol. The van der Waals surface area contributed by atoms with Crippen molar-refractivity contribution in [3.8, 4) is 0 Å². The summed E-state index contributed by atoms with van der Waals surface area (Å²) in [6.45, 7) is 4.01. The van der Waals surface area contributed by atoms with Gasteiger partial charge < -0.3 is 10.6 Å². The number of benzene rings is 1. The number of halogens is 1. The molecule has 0 aliphatic carbocycles. The second kappa shape index (κ2) is 8.88. The van der Waals surface area contributed by atoms with E-state index in [1.807, 2.05) is 0 Å². The van der Waals surface area contributed by atoms with Gasteiger partial charge in [0.05, 0.1) is 10.6 Å². The molecule has 1 aromatic carbocycles. The van der Waals surface area contributed by atoms with Crippen molar-refractivity contribution in [1.82, 2.24) is 9.80 Å². The summed E-state index contributed by atoms with van der Waals surface area (Å²) in [5.74, 6) is -0.644. The van der Waals surface area contributed by atoms with Crippen LogP contribution in [-0.2, 0) is 14.6 Å². The fraction of sp³-hybridized carbons (Fsp3) is 0.650. The van der Waals surface area contributed by atoms with E-state index in [4.69, 9.17) is 5.73 Å². The van der Waals surface area contributed by atoms with Gasteiger partial charge in [-0.1, -0.05) is 6.42 Å². The minimum Gasteiger partial charge on any atom is -0.368 e. The van der Waals surface area contributed by atoms with Crippen molar-refractivity contribution in [2.24, 2.45) is 5.73 Å². The number of nitrogens with zero attached hydrogens (tertiary/aromatic N) is 2. The Morgan fingerprint density at radius 3 is 2.21 bits per heavy atom. The van der Waals surface area contributed by atoms with Gasteiger partial charge in [0.15, 0.2) is 9.84 Å². The van der Waals surface area contributed by atoms with Gasteiger partial charge in [-0.25, -0.2) is 12.8 Å². The maximum absolute atomic E-state index is 13.0. The zero-order valence-corrected chi connectivity index (χ0v) is 17.1. The third kappa shape index (κ3) is 4.72. The van der Waals surface area contributed by atoms with Crippen molar-refractivity contribution in [1.29, 1.82) is 0 Å². The van der Waals surface area contributed by atoms with Crippen molar-refractivity contribution < 1.29 is 17.6 Å². The molecule has 0 aromatic heterocycles. The lowest BCUT2D eigenvalue weighted by molar-refractivity contribution is -0.134. The van der Waals surface area contributed by atoms with E-state index in [1.54, 1.807) is 0 Å². The van der Waals surface area contributed by atoms with E-state index in [9.17, 15) is 17.6 Å². The smallest absolute Gasteiger partial charge is 0.238 e. The maximum atomic E-state index is 13.0. The quantitative estimate of drug-likeness (QED) is 0.692. The van der Waals surface area contributed by atoms with Crippen LogP contribution in [0.3, 0.4) is 0 Å². The summed E-state index contributed by atoms with van der Waals surface area (Å²) >= 11 is 0. The molecule has 2 saturated heterocycles. The van der Waals surface area contributed by atoms with Crippen LogP contribution in [0.5, 0.6) is 0 Å². The van der Waals surface area contributed by atoms with Gasteiger partial charge in [0, 0.05) is 13.1 Å². The number of hydrogen-bond donors (Lipinski definition) is 1. The predicted octanol–water partition coefficient (Wildman–Crippen LogP) is 1.80. The first-order valence-corrected chi connectivity index (χ1v) is 11.7. The van der Waals surface area contributed by atoms with Gasteiger partial charge in [-0.05, 0) is 76.0 Å². The van der Waals surface area contributed by atoms with Crippen LogP contribution in [0.15, 0.2) is 29.2 Å². The van der Waals surface area contributed by atoms with Crippen LogP contribution in [0.2, 0.25) is 0 Å². The van der Waals surface area contributed by atoms with Gasteiger partial charge in [-0.15, -0.1) is 0 Å². The molecule has 0 radical (unpaired) electrons. The van der Waals surface area contributed by atoms with E-state index in [1.165, 1.54) is 30.7 Å². The van der Waals surface area contributed by atoms with E-state index >= 15 is 0 Å². The predicted molar refractivity (Wildman–Crippen MR) is 106 cm³/mol. The first kappa shape index (κ1) is 21.2. The summed E-state index contributed by atoms with van der Waals surface area (Å²) < 4.78 is 37.7. The highest BCUT2D eigenvalue weighted by atomic mass is 32.2.